The number of pyridine rings is 1. The van der Waals surface area contributed by atoms with E-state index in [1.165, 1.54) is 27.8 Å². The Kier molecular flexibility index (Phi) is 5.59. The van der Waals surface area contributed by atoms with Crippen molar-refractivity contribution in [3.05, 3.63) is 69.6 Å². The SMILES string of the molecule is CC1c2nnn(-c3cccc(C(F)(F)F)n3)c2CCN1C(=O)c1cccc(C(F)(F)F)c1Cl. The fraction of sp³-hybridized carbons (Fsp3) is 0.300. The average molecular weight is 490 g/mol. The number of carbonyl (C=O) groups is 1. The van der Waals surface area contributed by atoms with Crippen molar-refractivity contribution in [3.8, 4) is 5.82 Å². The van der Waals surface area contributed by atoms with Crippen molar-refractivity contribution >= 4 is 17.5 Å². The molecule has 0 saturated heterocycles. The second kappa shape index (κ2) is 8.01. The topological polar surface area (TPSA) is 63.9 Å². The molecule has 6 nitrogen and oxygen atoms in total. The zero-order valence-corrected chi connectivity index (χ0v) is 17.5. The van der Waals surface area contributed by atoms with Crippen LogP contribution in [-0.2, 0) is 18.8 Å². The van der Waals surface area contributed by atoms with E-state index in [2.05, 4.69) is 15.3 Å². The molecule has 1 atom stereocenters. The Morgan fingerprint density at radius 3 is 2.42 bits per heavy atom. The Bertz CT molecular complexity index is 1220. The lowest BCUT2D eigenvalue weighted by Gasteiger charge is -2.33. The maximum atomic E-state index is 13.2. The average Bonchev–Trinajstić information content (AvgIpc) is 3.17. The molecule has 13 heteroatoms. The summed E-state index contributed by atoms with van der Waals surface area (Å²) in [6.45, 7) is 1.65. The van der Waals surface area contributed by atoms with Gasteiger partial charge >= 0.3 is 12.4 Å². The van der Waals surface area contributed by atoms with E-state index in [0.717, 1.165) is 18.2 Å². The molecule has 2 aromatic heterocycles. The summed E-state index contributed by atoms with van der Waals surface area (Å²) in [5, 5.41) is 7.19. The van der Waals surface area contributed by atoms with Gasteiger partial charge in [0.1, 0.15) is 11.4 Å². The molecule has 1 aromatic carbocycles. The molecule has 3 aromatic rings. The van der Waals surface area contributed by atoms with E-state index in [1.54, 1.807) is 6.92 Å². The van der Waals surface area contributed by atoms with Crippen LogP contribution < -0.4 is 0 Å². The number of amides is 1. The summed E-state index contributed by atoms with van der Waals surface area (Å²) < 4.78 is 79.7. The van der Waals surface area contributed by atoms with Crippen LogP contribution in [0.15, 0.2) is 36.4 Å². The molecule has 0 bridgehead atoms. The molecule has 4 rings (SSSR count). The summed E-state index contributed by atoms with van der Waals surface area (Å²) in [6, 6.07) is 5.72. The van der Waals surface area contributed by atoms with Crippen LogP contribution in [0.25, 0.3) is 5.82 Å². The van der Waals surface area contributed by atoms with Gasteiger partial charge in [-0.3, -0.25) is 4.79 Å². The highest BCUT2D eigenvalue weighted by molar-refractivity contribution is 6.34. The highest BCUT2D eigenvalue weighted by atomic mass is 35.5. The predicted molar refractivity (Wildman–Crippen MR) is 104 cm³/mol. The number of aromatic nitrogens is 4. The summed E-state index contributed by atoms with van der Waals surface area (Å²) in [5.74, 6) is -0.817. The molecule has 0 saturated carbocycles. The van der Waals surface area contributed by atoms with E-state index < -0.39 is 40.6 Å². The van der Waals surface area contributed by atoms with E-state index in [1.807, 2.05) is 0 Å². The fourth-order valence-corrected chi connectivity index (χ4v) is 3.98. The summed E-state index contributed by atoms with van der Waals surface area (Å²) in [4.78, 5) is 17.9. The van der Waals surface area contributed by atoms with Crippen molar-refractivity contribution in [2.75, 3.05) is 6.54 Å². The first-order valence-corrected chi connectivity index (χ1v) is 9.93. The maximum absolute atomic E-state index is 13.2. The number of benzene rings is 1. The Hall–Kier alpha value is -3.15. The second-order valence-corrected chi connectivity index (χ2v) is 7.68. The Balaban J connectivity index is 1.66. The van der Waals surface area contributed by atoms with Gasteiger partial charge < -0.3 is 4.90 Å². The normalized spacial score (nSPS) is 16.6. The molecule has 0 N–H and O–H groups in total. The first kappa shape index (κ1) is 23.0. The van der Waals surface area contributed by atoms with Gasteiger partial charge in [0, 0.05) is 13.0 Å². The molecule has 1 aliphatic heterocycles. The number of hydrogen-bond donors (Lipinski definition) is 0. The number of rotatable bonds is 2. The Morgan fingerprint density at radius 2 is 1.76 bits per heavy atom. The molecule has 1 amide bonds. The molecule has 33 heavy (non-hydrogen) atoms. The van der Waals surface area contributed by atoms with Gasteiger partial charge in [-0.25, -0.2) is 4.98 Å². The van der Waals surface area contributed by atoms with Gasteiger partial charge in [0.15, 0.2) is 5.82 Å². The molecule has 0 fully saturated rings. The second-order valence-electron chi connectivity index (χ2n) is 7.30. The van der Waals surface area contributed by atoms with Gasteiger partial charge in [-0.05, 0) is 31.2 Å². The van der Waals surface area contributed by atoms with Crippen LogP contribution >= 0.6 is 11.6 Å². The van der Waals surface area contributed by atoms with Crippen LogP contribution in [0.5, 0.6) is 0 Å². The lowest BCUT2D eigenvalue weighted by molar-refractivity contribution is -0.141. The number of alkyl halides is 6. The summed E-state index contributed by atoms with van der Waals surface area (Å²) in [5.41, 5.74) is -1.77. The number of halogens is 7. The largest absolute Gasteiger partial charge is 0.433 e. The van der Waals surface area contributed by atoms with E-state index in [-0.39, 0.29) is 24.3 Å². The molecular formula is C20H14ClF6N5O. The van der Waals surface area contributed by atoms with Gasteiger partial charge in [0.05, 0.1) is 27.9 Å². The minimum Gasteiger partial charge on any atom is -0.330 e. The van der Waals surface area contributed by atoms with Gasteiger partial charge in [-0.15, -0.1) is 5.10 Å². The van der Waals surface area contributed by atoms with Crippen LogP contribution in [0.2, 0.25) is 5.02 Å². The van der Waals surface area contributed by atoms with Gasteiger partial charge in [0.25, 0.3) is 5.91 Å². The third kappa shape index (κ3) is 4.14. The highest BCUT2D eigenvalue weighted by Gasteiger charge is 2.38. The van der Waals surface area contributed by atoms with Crippen LogP contribution in [0.3, 0.4) is 0 Å². The quantitative estimate of drug-likeness (QED) is 0.469. The van der Waals surface area contributed by atoms with Gasteiger partial charge in [0.2, 0.25) is 0 Å². The van der Waals surface area contributed by atoms with E-state index in [4.69, 9.17) is 11.6 Å². The minimum atomic E-state index is -4.73. The van der Waals surface area contributed by atoms with E-state index in [0.29, 0.717) is 11.4 Å². The Labute approximate surface area is 187 Å². The number of carbonyl (C=O) groups excluding carboxylic acids is 1. The first-order valence-electron chi connectivity index (χ1n) is 9.55. The molecule has 1 unspecified atom stereocenters. The molecule has 174 valence electrons. The van der Waals surface area contributed by atoms with Crippen molar-refractivity contribution < 1.29 is 31.1 Å². The van der Waals surface area contributed by atoms with Gasteiger partial charge in [-0.1, -0.05) is 28.9 Å². The summed E-state index contributed by atoms with van der Waals surface area (Å²) in [6.07, 6.45) is -9.22. The molecule has 1 aliphatic rings. The lowest BCUT2D eigenvalue weighted by atomic mass is 10.0. The van der Waals surface area contributed by atoms with E-state index in [9.17, 15) is 31.1 Å². The van der Waals surface area contributed by atoms with Crippen molar-refractivity contribution in [1.82, 2.24) is 24.9 Å². The molecule has 0 spiro atoms. The maximum Gasteiger partial charge on any atom is 0.433 e. The summed E-state index contributed by atoms with van der Waals surface area (Å²) >= 11 is 5.89. The molecule has 0 aliphatic carbocycles. The van der Waals surface area contributed by atoms with Crippen LogP contribution in [-0.4, -0.2) is 37.3 Å². The van der Waals surface area contributed by atoms with Crippen molar-refractivity contribution in [3.63, 3.8) is 0 Å². The van der Waals surface area contributed by atoms with Crippen molar-refractivity contribution in [2.45, 2.75) is 31.7 Å². The zero-order chi connectivity index (χ0) is 24.1. The van der Waals surface area contributed by atoms with Crippen molar-refractivity contribution in [2.24, 2.45) is 0 Å². The first-order chi connectivity index (χ1) is 15.4. The number of hydrogen-bond acceptors (Lipinski definition) is 4. The lowest BCUT2D eigenvalue weighted by Crippen LogP contribution is -2.39. The highest BCUT2D eigenvalue weighted by Crippen LogP contribution is 2.38. The number of fused-ring (bicyclic) bond motifs is 1. The third-order valence-electron chi connectivity index (χ3n) is 5.28. The van der Waals surface area contributed by atoms with Crippen LogP contribution in [0.4, 0.5) is 26.3 Å². The smallest absolute Gasteiger partial charge is 0.330 e. The van der Waals surface area contributed by atoms with Crippen LogP contribution in [0, 0.1) is 0 Å². The zero-order valence-electron chi connectivity index (χ0n) is 16.7. The third-order valence-corrected chi connectivity index (χ3v) is 5.69. The summed E-state index contributed by atoms with van der Waals surface area (Å²) in [7, 11) is 0. The molecule has 3 heterocycles. The predicted octanol–water partition coefficient (Wildman–Crippen LogP) is 5.11. The number of nitrogens with zero attached hydrogens (tertiary/aromatic N) is 5. The fourth-order valence-electron chi connectivity index (χ4n) is 3.67. The standard InChI is InChI=1S/C20H14ClF6N5O/c1-10-17-13(32(30-29-17)15-7-3-6-14(28-15)20(25,26)27)8-9-31(10)18(33)11-4-2-5-12(16(11)21)19(22,23)24/h2-7,10H,8-9H2,1H3. The van der Waals surface area contributed by atoms with Crippen molar-refractivity contribution in [1.29, 1.82) is 0 Å². The van der Waals surface area contributed by atoms with Crippen LogP contribution in [0.1, 0.15) is 46.0 Å². The van der Waals surface area contributed by atoms with Gasteiger partial charge in [-0.2, -0.15) is 31.0 Å². The Morgan fingerprint density at radius 1 is 1.06 bits per heavy atom. The monoisotopic (exact) mass is 489 g/mol. The molecular weight excluding hydrogens is 476 g/mol. The minimum absolute atomic E-state index is 0.0614. The van der Waals surface area contributed by atoms with E-state index >= 15 is 0 Å². The molecule has 0 radical (unpaired) electrons.